The fourth-order valence-corrected chi connectivity index (χ4v) is 2.83. The molecule has 1 amide bonds. The second-order valence-electron chi connectivity index (χ2n) is 5.80. The topological polar surface area (TPSA) is 42.8 Å². The first-order valence-electron chi connectivity index (χ1n) is 7.35. The van der Waals surface area contributed by atoms with Gasteiger partial charge in [-0.3, -0.25) is 4.79 Å². The van der Waals surface area contributed by atoms with E-state index in [9.17, 15) is 4.79 Å². The number of benzene rings is 1. The van der Waals surface area contributed by atoms with Crippen molar-refractivity contribution >= 4 is 5.91 Å². The van der Waals surface area contributed by atoms with Gasteiger partial charge in [-0.05, 0) is 31.9 Å². The largest absolute Gasteiger partial charge is 0.364 e. The lowest BCUT2D eigenvalue weighted by Crippen LogP contribution is -3.16. The number of aryl methyl sites for hydroxylation is 1. The Morgan fingerprint density at radius 1 is 1.30 bits per heavy atom. The summed E-state index contributed by atoms with van der Waals surface area (Å²) in [5.41, 5.74) is 2.40. The van der Waals surface area contributed by atoms with E-state index in [1.807, 2.05) is 12.1 Å². The van der Waals surface area contributed by atoms with Gasteiger partial charge in [0.05, 0.1) is 0 Å². The van der Waals surface area contributed by atoms with Crippen LogP contribution in [0.1, 0.15) is 25.0 Å². The fraction of sp³-hybridized carbons (Fsp3) is 0.562. The zero-order valence-electron chi connectivity index (χ0n) is 12.6. The van der Waals surface area contributed by atoms with Crippen LogP contribution in [0.5, 0.6) is 0 Å². The zero-order chi connectivity index (χ0) is 14.5. The number of hydrogen-bond donors (Lipinski definition) is 2. The van der Waals surface area contributed by atoms with Crippen molar-refractivity contribution in [3.8, 4) is 0 Å². The van der Waals surface area contributed by atoms with E-state index in [4.69, 9.17) is 4.74 Å². The highest BCUT2D eigenvalue weighted by molar-refractivity contribution is 5.76. The summed E-state index contributed by atoms with van der Waals surface area (Å²) < 4.78 is 5.69. The van der Waals surface area contributed by atoms with Gasteiger partial charge in [0.25, 0.3) is 5.91 Å². The van der Waals surface area contributed by atoms with E-state index in [2.05, 4.69) is 38.2 Å². The highest BCUT2D eigenvalue weighted by Crippen LogP contribution is 2.05. The van der Waals surface area contributed by atoms with Crippen LogP contribution in [0.15, 0.2) is 24.3 Å². The van der Waals surface area contributed by atoms with Gasteiger partial charge in [-0.25, -0.2) is 0 Å². The Hall–Kier alpha value is -1.39. The summed E-state index contributed by atoms with van der Waals surface area (Å²) >= 11 is 0. The third kappa shape index (κ3) is 4.32. The van der Waals surface area contributed by atoms with Crippen molar-refractivity contribution in [2.75, 3.05) is 19.6 Å². The molecule has 3 atom stereocenters. The third-order valence-corrected chi connectivity index (χ3v) is 3.76. The molecule has 1 unspecified atom stereocenters. The molecule has 20 heavy (non-hydrogen) atoms. The summed E-state index contributed by atoms with van der Waals surface area (Å²) in [6, 6.07) is 8.14. The minimum Gasteiger partial charge on any atom is -0.364 e. The molecule has 1 saturated heterocycles. The molecular weight excluding hydrogens is 252 g/mol. The van der Waals surface area contributed by atoms with Gasteiger partial charge in [0.1, 0.15) is 25.3 Å². The summed E-state index contributed by atoms with van der Waals surface area (Å²) in [7, 11) is 0. The van der Waals surface area contributed by atoms with Gasteiger partial charge in [0.2, 0.25) is 0 Å². The molecule has 1 aliphatic rings. The summed E-state index contributed by atoms with van der Waals surface area (Å²) in [6.07, 6.45) is 0.468. The Morgan fingerprint density at radius 2 is 1.95 bits per heavy atom. The number of amides is 1. The van der Waals surface area contributed by atoms with Crippen LogP contribution in [0.3, 0.4) is 0 Å². The van der Waals surface area contributed by atoms with E-state index in [0.29, 0.717) is 13.1 Å². The summed E-state index contributed by atoms with van der Waals surface area (Å²) in [5, 5.41) is 3.02. The predicted molar refractivity (Wildman–Crippen MR) is 78.6 cm³/mol. The van der Waals surface area contributed by atoms with E-state index in [-0.39, 0.29) is 18.1 Å². The van der Waals surface area contributed by atoms with Gasteiger partial charge in [-0.1, -0.05) is 24.3 Å². The maximum Gasteiger partial charge on any atom is 0.275 e. The van der Waals surface area contributed by atoms with Crippen molar-refractivity contribution in [1.29, 1.82) is 0 Å². The maximum absolute atomic E-state index is 12.0. The molecule has 0 aromatic heterocycles. The molecule has 4 nitrogen and oxygen atoms in total. The number of carbonyl (C=O) groups is 1. The molecular formula is C16H25N2O2+. The van der Waals surface area contributed by atoms with Crippen molar-refractivity contribution in [3.05, 3.63) is 35.4 Å². The van der Waals surface area contributed by atoms with Gasteiger partial charge < -0.3 is 15.0 Å². The second-order valence-corrected chi connectivity index (χ2v) is 5.80. The molecule has 2 rings (SSSR count). The first-order chi connectivity index (χ1) is 9.54. The summed E-state index contributed by atoms with van der Waals surface area (Å²) in [4.78, 5) is 13.3. The first kappa shape index (κ1) is 15.0. The van der Waals surface area contributed by atoms with Crippen molar-refractivity contribution in [1.82, 2.24) is 5.32 Å². The lowest BCUT2D eigenvalue weighted by molar-refractivity contribution is -0.907. The molecule has 0 bridgehead atoms. The van der Waals surface area contributed by atoms with Crippen LogP contribution >= 0.6 is 0 Å². The Labute approximate surface area is 121 Å². The summed E-state index contributed by atoms with van der Waals surface area (Å²) in [5.74, 6) is 0.115. The number of quaternary nitrogens is 1. The van der Waals surface area contributed by atoms with E-state index in [0.717, 1.165) is 13.1 Å². The highest BCUT2D eigenvalue weighted by Gasteiger charge is 2.26. The quantitative estimate of drug-likeness (QED) is 0.831. The van der Waals surface area contributed by atoms with E-state index >= 15 is 0 Å². The van der Waals surface area contributed by atoms with Crippen molar-refractivity contribution < 1.29 is 14.4 Å². The third-order valence-electron chi connectivity index (χ3n) is 3.76. The molecule has 1 aromatic carbocycles. The van der Waals surface area contributed by atoms with Crippen LogP contribution < -0.4 is 10.2 Å². The number of carbonyl (C=O) groups excluding carboxylic acids is 1. The normalized spacial score (nSPS) is 26.2. The molecule has 1 aromatic rings. The Kier molecular flexibility index (Phi) is 5.15. The number of ether oxygens (including phenoxy) is 1. The molecule has 2 N–H and O–H groups in total. The minimum atomic E-state index is 0.115. The number of rotatable bonds is 4. The zero-order valence-corrected chi connectivity index (χ0v) is 12.6. The predicted octanol–water partition coefficient (Wildman–Crippen LogP) is 0.303. The standard InChI is InChI=1S/C16H24N2O2/c1-12-6-4-5-7-15(12)8-17-16(19)11-18-9-13(2)20-14(3)10-18/h4-7,13-14H,8-11H2,1-3H3,(H,17,19)/p+1/t13-,14+. The van der Waals surface area contributed by atoms with Crippen molar-refractivity contribution in [2.45, 2.75) is 39.5 Å². The minimum absolute atomic E-state index is 0.115. The van der Waals surface area contributed by atoms with Gasteiger partial charge in [-0.15, -0.1) is 0 Å². The van der Waals surface area contributed by atoms with Gasteiger partial charge in [-0.2, -0.15) is 0 Å². The lowest BCUT2D eigenvalue weighted by Gasteiger charge is -2.31. The number of hydrogen-bond acceptors (Lipinski definition) is 2. The Bertz CT molecular complexity index is 452. The van der Waals surface area contributed by atoms with Crippen molar-refractivity contribution in [2.24, 2.45) is 0 Å². The molecule has 0 spiro atoms. The molecule has 1 fully saturated rings. The van der Waals surface area contributed by atoms with Crippen LogP contribution in [-0.4, -0.2) is 37.7 Å². The summed E-state index contributed by atoms with van der Waals surface area (Å²) in [6.45, 7) is 9.16. The lowest BCUT2D eigenvalue weighted by atomic mass is 10.1. The Balaban J connectivity index is 1.79. The first-order valence-corrected chi connectivity index (χ1v) is 7.35. The molecule has 0 saturated carbocycles. The van der Waals surface area contributed by atoms with Crippen LogP contribution in [0.4, 0.5) is 0 Å². The monoisotopic (exact) mass is 277 g/mol. The fourth-order valence-electron chi connectivity index (χ4n) is 2.83. The number of nitrogens with one attached hydrogen (secondary N) is 2. The second kappa shape index (κ2) is 6.86. The molecule has 1 aliphatic heterocycles. The van der Waals surface area contributed by atoms with E-state index in [1.54, 1.807) is 0 Å². The smallest absolute Gasteiger partial charge is 0.275 e. The van der Waals surface area contributed by atoms with Gasteiger partial charge in [0.15, 0.2) is 6.54 Å². The van der Waals surface area contributed by atoms with Crippen molar-refractivity contribution in [3.63, 3.8) is 0 Å². The van der Waals surface area contributed by atoms with Gasteiger partial charge >= 0.3 is 0 Å². The molecule has 1 heterocycles. The molecule has 110 valence electrons. The molecule has 0 radical (unpaired) electrons. The molecule has 4 heteroatoms. The molecule has 0 aliphatic carbocycles. The van der Waals surface area contributed by atoms with Crippen LogP contribution in [0.25, 0.3) is 0 Å². The van der Waals surface area contributed by atoms with E-state index in [1.165, 1.54) is 16.0 Å². The highest BCUT2D eigenvalue weighted by atomic mass is 16.5. The average Bonchev–Trinajstić information content (AvgIpc) is 2.36. The average molecular weight is 277 g/mol. The maximum atomic E-state index is 12.0. The Morgan fingerprint density at radius 3 is 2.60 bits per heavy atom. The van der Waals surface area contributed by atoms with Crippen LogP contribution in [0, 0.1) is 6.92 Å². The SMILES string of the molecule is Cc1ccccc1CNC(=O)C[NH+]1C[C@@H](C)O[C@@H](C)C1. The van der Waals surface area contributed by atoms with Gasteiger partial charge in [0, 0.05) is 6.54 Å². The number of morpholine rings is 1. The van der Waals surface area contributed by atoms with Crippen LogP contribution in [0.2, 0.25) is 0 Å². The van der Waals surface area contributed by atoms with E-state index < -0.39 is 0 Å². The van der Waals surface area contributed by atoms with Crippen LogP contribution in [-0.2, 0) is 16.1 Å².